The Morgan fingerprint density at radius 1 is 1.41 bits per heavy atom. The topological polar surface area (TPSA) is 72.7 Å². The van der Waals surface area contributed by atoms with Gasteiger partial charge in [0.05, 0.1) is 12.6 Å². The number of hydrogen-bond donors (Lipinski definition) is 1. The number of rotatable bonds is 2. The maximum atomic E-state index is 11.9. The summed E-state index contributed by atoms with van der Waals surface area (Å²) in [6.45, 7) is 0. The van der Waals surface area contributed by atoms with E-state index in [1.807, 2.05) is 6.07 Å². The first-order valence-corrected chi connectivity index (χ1v) is 6.15. The SMILES string of the molecule is Cn1nnc(NC(=O)c2cc(Br)ccc2Br)n1. The molecule has 17 heavy (non-hydrogen) atoms. The van der Waals surface area contributed by atoms with E-state index in [0.717, 1.165) is 4.47 Å². The molecule has 0 saturated carbocycles. The first-order chi connectivity index (χ1) is 8.06. The molecule has 0 spiro atoms. The molecule has 0 atom stereocenters. The monoisotopic (exact) mass is 359 g/mol. The number of halogens is 2. The third kappa shape index (κ3) is 2.89. The van der Waals surface area contributed by atoms with Gasteiger partial charge in [0.15, 0.2) is 0 Å². The van der Waals surface area contributed by atoms with Gasteiger partial charge in [-0.1, -0.05) is 21.0 Å². The largest absolute Gasteiger partial charge is 0.288 e. The van der Waals surface area contributed by atoms with Gasteiger partial charge in [-0.3, -0.25) is 10.1 Å². The van der Waals surface area contributed by atoms with Crippen molar-refractivity contribution in [1.29, 1.82) is 0 Å². The molecule has 88 valence electrons. The summed E-state index contributed by atoms with van der Waals surface area (Å²) in [7, 11) is 1.62. The van der Waals surface area contributed by atoms with Gasteiger partial charge in [0, 0.05) is 8.95 Å². The van der Waals surface area contributed by atoms with Crippen LogP contribution in [0, 0.1) is 0 Å². The van der Waals surface area contributed by atoms with Crippen molar-refractivity contribution in [3.63, 3.8) is 0 Å². The number of carbonyl (C=O) groups excluding carboxylic acids is 1. The Hall–Kier alpha value is -1.28. The second-order valence-corrected chi connectivity index (χ2v) is 4.95. The molecule has 2 rings (SSSR count). The molecule has 0 aliphatic rings. The van der Waals surface area contributed by atoms with Gasteiger partial charge in [0.25, 0.3) is 11.9 Å². The summed E-state index contributed by atoms with van der Waals surface area (Å²) in [4.78, 5) is 13.2. The zero-order valence-electron chi connectivity index (χ0n) is 8.69. The fraction of sp³-hybridized carbons (Fsp3) is 0.111. The molecule has 1 heterocycles. The van der Waals surface area contributed by atoms with E-state index < -0.39 is 0 Å². The van der Waals surface area contributed by atoms with E-state index in [1.54, 1.807) is 19.2 Å². The second-order valence-electron chi connectivity index (χ2n) is 3.18. The highest BCUT2D eigenvalue weighted by molar-refractivity contribution is 9.11. The van der Waals surface area contributed by atoms with Crippen molar-refractivity contribution >= 4 is 43.7 Å². The normalized spacial score (nSPS) is 10.3. The maximum Gasteiger partial charge on any atom is 0.270 e. The molecule has 0 aliphatic heterocycles. The average molecular weight is 361 g/mol. The van der Waals surface area contributed by atoms with E-state index in [9.17, 15) is 4.79 Å². The molecule has 1 aromatic heterocycles. The second kappa shape index (κ2) is 4.92. The number of benzene rings is 1. The van der Waals surface area contributed by atoms with Gasteiger partial charge in [-0.15, -0.1) is 5.10 Å². The van der Waals surface area contributed by atoms with Gasteiger partial charge in [0.1, 0.15) is 0 Å². The Bertz CT molecular complexity index is 568. The first-order valence-electron chi connectivity index (χ1n) is 4.56. The summed E-state index contributed by atoms with van der Waals surface area (Å²) in [5.41, 5.74) is 0.492. The van der Waals surface area contributed by atoms with Crippen LogP contribution in [0.4, 0.5) is 5.95 Å². The van der Waals surface area contributed by atoms with E-state index in [1.165, 1.54) is 4.80 Å². The minimum atomic E-state index is -0.300. The molecular weight excluding hydrogens is 354 g/mol. The van der Waals surface area contributed by atoms with Crippen molar-refractivity contribution in [2.45, 2.75) is 0 Å². The molecule has 8 heteroatoms. The highest BCUT2D eigenvalue weighted by atomic mass is 79.9. The van der Waals surface area contributed by atoms with Crippen molar-refractivity contribution in [1.82, 2.24) is 20.2 Å². The molecule has 0 unspecified atom stereocenters. The van der Waals surface area contributed by atoms with E-state index in [4.69, 9.17) is 0 Å². The van der Waals surface area contributed by atoms with Crippen LogP contribution in [0.1, 0.15) is 10.4 Å². The summed E-state index contributed by atoms with van der Waals surface area (Å²) in [5.74, 6) is -0.129. The van der Waals surface area contributed by atoms with E-state index in [0.29, 0.717) is 10.0 Å². The lowest BCUT2D eigenvalue weighted by Crippen LogP contribution is -2.14. The summed E-state index contributed by atoms with van der Waals surface area (Å²) in [5, 5.41) is 13.7. The maximum absolute atomic E-state index is 11.9. The number of nitrogens with one attached hydrogen (secondary N) is 1. The lowest BCUT2D eigenvalue weighted by molar-refractivity contribution is 0.102. The Morgan fingerprint density at radius 3 is 2.82 bits per heavy atom. The van der Waals surface area contributed by atoms with Gasteiger partial charge in [0.2, 0.25) is 0 Å². The molecule has 0 bridgehead atoms. The van der Waals surface area contributed by atoms with Gasteiger partial charge >= 0.3 is 0 Å². The molecule has 1 aromatic carbocycles. The number of amides is 1. The van der Waals surface area contributed by atoms with Crippen LogP contribution in [0.15, 0.2) is 27.1 Å². The number of nitrogens with zero attached hydrogens (tertiary/aromatic N) is 4. The van der Waals surface area contributed by atoms with Crippen LogP contribution in [0.5, 0.6) is 0 Å². The third-order valence-electron chi connectivity index (χ3n) is 1.91. The fourth-order valence-electron chi connectivity index (χ4n) is 1.17. The summed E-state index contributed by atoms with van der Waals surface area (Å²) in [6.07, 6.45) is 0. The van der Waals surface area contributed by atoms with Crippen LogP contribution < -0.4 is 5.32 Å². The highest BCUT2D eigenvalue weighted by Crippen LogP contribution is 2.22. The van der Waals surface area contributed by atoms with Crippen LogP contribution in [0.2, 0.25) is 0 Å². The number of aryl methyl sites for hydroxylation is 1. The van der Waals surface area contributed by atoms with Gasteiger partial charge < -0.3 is 0 Å². The summed E-state index contributed by atoms with van der Waals surface area (Å²) in [6, 6.07) is 5.32. The fourth-order valence-corrected chi connectivity index (χ4v) is 1.96. The van der Waals surface area contributed by atoms with E-state index in [2.05, 4.69) is 52.6 Å². The molecule has 0 fully saturated rings. The smallest absolute Gasteiger partial charge is 0.270 e. The Labute approximate surface area is 114 Å². The minimum Gasteiger partial charge on any atom is -0.288 e. The van der Waals surface area contributed by atoms with Crippen LogP contribution in [0.25, 0.3) is 0 Å². The molecule has 0 saturated heterocycles. The van der Waals surface area contributed by atoms with Crippen LogP contribution in [-0.4, -0.2) is 26.1 Å². The van der Waals surface area contributed by atoms with Crippen molar-refractivity contribution in [2.75, 3.05) is 5.32 Å². The number of aromatic nitrogens is 4. The standard InChI is InChI=1S/C9H7Br2N5O/c1-16-14-9(13-15-16)12-8(17)6-4-5(10)2-3-7(6)11/h2-4H,1H3,(H,12,14,17). The average Bonchev–Trinajstić information content (AvgIpc) is 2.67. The molecule has 2 aromatic rings. The van der Waals surface area contributed by atoms with Crippen molar-refractivity contribution in [3.05, 3.63) is 32.7 Å². The number of anilines is 1. The first kappa shape index (κ1) is 12.2. The summed E-state index contributed by atoms with van der Waals surface area (Å²) >= 11 is 6.61. The molecule has 0 radical (unpaired) electrons. The van der Waals surface area contributed by atoms with Gasteiger partial charge in [-0.05, 0) is 39.3 Å². The third-order valence-corrected chi connectivity index (χ3v) is 3.09. The molecule has 0 aliphatic carbocycles. The van der Waals surface area contributed by atoms with E-state index >= 15 is 0 Å². The van der Waals surface area contributed by atoms with Crippen molar-refractivity contribution in [2.24, 2.45) is 7.05 Å². The van der Waals surface area contributed by atoms with E-state index in [-0.39, 0.29) is 11.9 Å². The van der Waals surface area contributed by atoms with Crippen LogP contribution in [0.3, 0.4) is 0 Å². The predicted molar refractivity (Wildman–Crippen MR) is 68.6 cm³/mol. The Morgan fingerprint density at radius 2 is 2.18 bits per heavy atom. The predicted octanol–water partition coefficient (Wildman–Crippen LogP) is 1.99. The number of hydrogen-bond acceptors (Lipinski definition) is 4. The molecule has 1 N–H and O–H groups in total. The minimum absolute atomic E-state index is 0.171. The molecular formula is C9H7Br2N5O. The molecule has 1 amide bonds. The lowest BCUT2D eigenvalue weighted by atomic mass is 10.2. The Kier molecular flexibility index (Phi) is 3.53. The number of carbonyl (C=O) groups is 1. The molecule has 6 nitrogen and oxygen atoms in total. The quantitative estimate of drug-likeness (QED) is 0.888. The Balaban J connectivity index is 2.22. The van der Waals surface area contributed by atoms with Crippen molar-refractivity contribution in [3.8, 4) is 0 Å². The number of tetrazole rings is 1. The van der Waals surface area contributed by atoms with Crippen LogP contribution >= 0.6 is 31.9 Å². The van der Waals surface area contributed by atoms with Crippen LogP contribution in [-0.2, 0) is 7.05 Å². The zero-order valence-corrected chi connectivity index (χ0v) is 11.9. The van der Waals surface area contributed by atoms with Gasteiger partial charge in [-0.25, -0.2) is 0 Å². The highest BCUT2D eigenvalue weighted by Gasteiger charge is 2.12. The van der Waals surface area contributed by atoms with Crippen molar-refractivity contribution < 1.29 is 4.79 Å². The van der Waals surface area contributed by atoms with Gasteiger partial charge in [-0.2, -0.15) is 4.80 Å². The summed E-state index contributed by atoms with van der Waals surface area (Å²) < 4.78 is 1.51. The zero-order chi connectivity index (χ0) is 12.4. The lowest BCUT2D eigenvalue weighted by Gasteiger charge is -2.03.